The second-order valence-corrected chi connectivity index (χ2v) is 4.66. The summed E-state index contributed by atoms with van der Waals surface area (Å²) in [6.07, 6.45) is 13.7. The molecule has 0 aliphatic carbocycles. The summed E-state index contributed by atoms with van der Waals surface area (Å²) in [5, 5.41) is 0. The van der Waals surface area contributed by atoms with Crippen LogP contribution in [0.25, 0.3) is 0 Å². The molecule has 1 rings (SSSR count). The topological polar surface area (TPSA) is 18.5 Å². The predicted octanol–water partition coefficient (Wildman–Crippen LogP) is 4.61. The maximum Gasteiger partial charge on any atom is 0.242 e. The molecular weight excluding hydrogens is 200 g/mol. The van der Waals surface area contributed by atoms with Crippen molar-refractivity contribution in [1.82, 2.24) is 0 Å². The van der Waals surface area contributed by atoms with E-state index in [-0.39, 0.29) is 6.29 Å². The van der Waals surface area contributed by atoms with Crippen LogP contribution in [0.15, 0.2) is 12.5 Å². The second-order valence-electron chi connectivity index (χ2n) is 4.66. The van der Waals surface area contributed by atoms with Crippen LogP contribution in [0.2, 0.25) is 0 Å². The van der Waals surface area contributed by atoms with Crippen molar-refractivity contribution in [3.63, 3.8) is 0 Å². The van der Waals surface area contributed by atoms with E-state index in [0.29, 0.717) is 5.92 Å². The van der Waals surface area contributed by atoms with Gasteiger partial charge in [0.1, 0.15) is 12.5 Å². The minimum Gasteiger partial charge on any atom is -0.459 e. The molecule has 0 aromatic carbocycles. The smallest absolute Gasteiger partial charge is 0.242 e. The van der Waals surface area contributed by atoms with Gasteiger partial charge in [-0.05, 0) is 12.8 Å². The molecule has 16 heavy (non-hydrogen) atoms. The summed E-state index contributed by atoms with van der Waals surface area (Å²) in [6, 6.07) is 0. The van der Waals surface area contributed by atoms with Gasteiger partial charge >= 0.3 is 0 Å². The molecule has 0 saturated carbocycles. The Hall–Kier alpha value is -0.660. The number of hydrogen-bond donors (Lipinski definition) is 0. The van der Waals surface area contributed by atoms with E-state index in [1.165, 1.54) is 51.4 Å². The Kier molecular flexibility index (Phi) is 7.11. The maximum absolute atomic E-state index is 5.47. The Morgan fingerprint density at radius 1 is 0.875 bits per heavy atom. The lowest BCUT2D eigenvalue weighted by atomic mass is 9.94. The SMILES string of the molecule is CCCCCCC(CCCC)C1OC=CO1. The average molecular weight is 226 g/mol. The Morgan fingerprint density at radius 2 is 1.50 bits per heavy atom. The van der Waals surface area contributed by atoms with Gasteiger partial charge in [-0.2, -0.15) is 0 Å². The number of unbranched alkanes of at least 4 members (excludes halogenated alkanes) is 4. The molecule has 0 amide bonds. The molecule has 0 saturated heterocycles. The monoisotopic (exact) mass is 226 g/mol. The highest BCUT2D eigenvalue weighted by Crippen LogP contribution is 2.26. The van der Waals surface area contributed by atoms with E-state index >= 15 is 0 Å². The maximum atomic E-state index is 5.47. The molecule has 0 spiro atoms. The van der Waals surface area contributed by atoms with Crippen LogP contribution in [0.3, 0.4) is 0 Å². The van der Waals surface area contributed by atoms with Crippen LogP contribution in [0.1, 0.15) is 65.2 Å². The molecule has 2 nitrogen and oxygen atoms in total. The summed E-state index contributed by atoms with van der Waals surface area (Å²) in [7, 11) is 0. The Morgan fingerprint density at radius 3 is 2.12 bits per heavy atom. The molecule has 1 aliphatic rings. The van der Waals surface area contributed by atoms with Crippen LogP contribution in [0.5, 0.6) is 0 Å². The van der Waals surface area contributed by atoms with Crippen molar-refractivity contribution in [1.29, 1.82) is 0 Å². The van der Waals surface area contributed by atoms with E-state index in [1.54, 1.807) is 12.5 Å². The summed E-state index contributed by atoms with van der Waals surface area (Å²) in [6.45, 7) is 4.49. The highest BCUT2D eigenvalue weighted by molar-refractivity contribution is 4.76. The quantitative estimate of drug-likeness (QED) is 0.535. The molecule has 0 radical (unpaired) electrons. The van der Waals surface area contributed by atoms with E-state index in [1.807, 2.05) is 0 Å². The van der Waals surface area contributed by atoms with Gasteiger partial charge in [-0.3, -0.25) is 0 Å². The van der Waals surface area contributed by atoms with E-state index in [2.05, 4.69) is 13.8 Å². The fourth-order valence-corrected chi connectivity index (χ4v) is 2.19. The van der Waals surface area contributed by atoms with E-state index in [4.69, 9.17) is 9.47 Å². The lowest BCUT2D eigenvalue weighted by Crippen LogP contribution is -2.21. The highest BCUT2D eigenvalue weighted by atomic mass is 16.7. The average Bonchev–Trinajstić information content (AvgIpc) is 2.82. The van der Waals surface area contributed by atoms with Gasteiger partial charge < -0.3 is 9.47 Å². The van der Waals surface area contributed by atoms with Crippen molar-refractivity contribution in [3.05, 3.63) is 12.5 Å². The summed E-state index contributed by atoms with van der Waals surface area (Å²) in [4.78, 5) is 0. The number of rotatable bonds is 9. The summed E-state index contributed by atoms with van der Waals surface area (Å²) in [5.74, 6) is 0.576. The van der Waals surface area contributed by atoms with Crippen molar-refractivity contribution in [2.45, 2.75) is 71.5 Å². The molecule has 1 aliphatic heterocycles. The molecule has 1 heterocycles. The zero-order valence-corrected chi connectivity index (χ0v) is 10.8. The normalized spacial score (nSPS) is 17.1. The fourth-order valence-electron chi connectivity index (χ4n) is 2.19. The first-order valence-electron chi connectivity index (χ1n) is 6.84. The van der Waals surface area contributed by atoms with Gasteiger partial charge in [-0.25, -0.2) is 0 Å². The Balaban J connectivity index is 2.20. The van der Waals surface area contributed by atoms with Crippen LogP contribution in [-0.4, -0.2) is 6.29 Å². The first-order chi connectivity index (χ1) is 7.88. The molecular formula is C14H26O2. The van der Waals surface area contributed by atoms with Gasteiger partial charge in [0.2, 0.25) is 6.29 Å². The van der Waals surface area contributed by atoms with E-state index < -0.39 is 0 Å². The van der Waals surface area contributed by atoms with Crippen LogP contribution in [0.4, 0.5) is 0 Å². The van der Waals surface area contributed by atoms with Gasteiger partial charge in [0.25, 0.3) is 0 Å². The van der Waals surface area contributed by atoms with E-state index in [9.17, 15) is 0 Å². The zero-order chi connectivity index (χ0) is 11.6. The lowest BCUT2D eigenvalue weighted by molar-refractivity contribution is -0.0723. The zero-order valence-electron chi connectivity index (χ0n) is 10.8. The fraction of sp³-hybridized carbons (Fsp3) is 0.857. The first kappa shape index (κ1) is 13.4. The van der Waals surface area contributed by atoms with Crippen LogP contribution in [-0.2, 0) is 9.47 Å². The molecule has 0 aromatic rings. The van der Waals surface area contributed by atoms with Gasteiger partial charge in [0.15, 0.2) is 0 Å². The molecule has 0 N–H and O–H groups in total. The number of hydrogen-bond acceptors (Lipinski definition) is 2. The Labute approximate surface area is 100 Å². The Bertz CT molecular complexity index is 181. The minimum absolute atomic E-state index is 0.00632. The van der Waals surface area contributed by atoms with Crippen molar-refractivity contribution in [3.8, 4) is 0 Å². The third-order valence-corrected chi connectivity index (χ3v) is 3.22. The molecule has 0 aromatic heterocycles. The van der Waals surface area contributed by atoms with Gasteiger partial charge in [-0.1, -0.05) is 52.4 Å². The van der Waals surface area contributed by atoms with Gasteiger partial charge in [0, 0.05) is 5.92 Å². The standard InChI is InChI=1S/C14H26O2/c1-3-5-7-8-10-13(9-6-4-2)14-15-11-12-16-14/h11-14H,3-10H2,1-2H3. The number of ether oxygens (including phenoxy) is 2. The molecule has 0 bridgehead atoms. The van der Waals surface area contributed by atoms with Crippen LogP contribution in [0, 0.1) is 5.92 Å². The highest BCUT2D eigenvalue weighted by Gasteiger charge is 2.24. The molecule has 2 heteroatoms. The van der Waals surface area contributed by atoms with Crippen molar-refractivity contribution in [2.24, 2.45) is 5.92 Å². The third kappa shape index (κ3) is 4.91. The van der Waals surface area contributed by atoms with Crippen molar-refractivity contribution in [2.75, 3.05) is 0 Å². The van der Waals surface area contributed by atoms with Crippen molar-refractivity contribution >= 4 is 0 Å². The van der Waals surface area contributed by atoms with Gasteiger partial charge in [0.05, 0.1) is 0 Å². The van der Waals surface area contributed by atoms with E-state index in [0.717, 1.165) is 0 Å². The largest absolute Gasteiger partial charge is 0.459 e. The first-order valence-corrected chi connectivity index (χ1v) is 6.84. The molecule has 1 atom stereocenters. The third-order valence-electron chi connectivity index (χ3n) is 3.22. The van der Waals surface area contributed by atoms with Gasteiger partial charge in [-0.15, -0.1) is 0 Å². The molecule has 0 fully saturated rings. The molecule has 94 valence electrons. The lowest BCUT2D eigenvalue weighted by Gasteiger charge is -2.22. The summed E-state index contributed by atoms with van der Waals surface area (Å²) in [5.41, 5.74) is 0. The molecule has 1 unspecified atom stereocenters. The predicted molar refractivity (Wildman–Crippen MR) is 66.9 cm³/mol. The summed E-state index contributed by atoms with van der Waals surface area (Å²) >= 11 is 0. The summed E-state index contributed by atoms with van der Waals surface area (Å²) < 4.78 is 10.9. The van der Waals surface area contributed by atoms with Crippen molar-refractivity contribution < 1.29 is 9.47 Å². The second kappa shape index (κ2) is 8.49. The van der Waals surface area contributed by atoms with Crippen LogP contribution >= 0.6 is 0 Å². The minimum atomic E-state index is -0.00632. The van der Waals surface area contributed by atoms with Crippen LogP contribution < -0.4 is 0 Å².